The van der Waals surface area contributed by atoms with Crippen molar-refractivity contribution in [1.29, 1.82) is 0 Å². The van der Waals surface area contributed by atoms with Gasteiger partial charge in [-0.2, -0.15) is 0 Å². The summed E-state index contributed by atoms with van der Waals surface area (Å²) in [6.45, 7) is 9.24. The van der Waals surface area contributed by atoms with Crippen molar-refractivity contribution in [3.63, 3.8) is 0 Å². The molecule has 1 aliphatic rings. The Hall–Kier alpha value is -3.43. The van der Waals surface area contributed by atoms with Crippen LogP contribution in [-0.4, -0.2) is 80.7 Å². The summed E-state index contributed by atoms with van der Waals surface area (Å²) in [6, 6.07) is 7.23. The Morgan fingerprint density at radius 3 is 2.13 bits per heavy atom. The van der Waals surface area contributed by atoms with Crippen molar-refractivity contribution in [3.05, 3.63) is 52.1 Å². The lowest BCUT2D eigenvalue weighted by Gasteiger charge is -2.27. The highest BCUT2D eigenvalue weighted by molar-refractivity contribution is 6.46. The molecule has 1 atom stereocenters. The summed E-state index contributed by atoms with van der Waals surface area (Å²) in [5.74, 6) is -0.238. The number of hydrogen-bond acceptors (Lipinski definition) is 8. The summed E-state index contributed by atoms with van der Waals surface area (Å²) in [5.41, 5.74) is 0.782. The number of ether oxygens (including phenoxy) is 4. The first-order valence-corrected chi connectivity index (χ1v) is 13.4. The number of carbonyl (C=O) groups excluding carboxylic acids is 2. The van der Waals surface area contributed by atoms with E-state index in [0.717, 1.165) is 19.6 Å². The number of aliphatic hydroxyl groups excluding tert-OH is 1. The van der Waals surface area contributed by atoms with Gasteiger partial charge < -0.3 is 33.9 Å². The maximum Gasteiger partial charge on any atom is 0.295 e. The van der Waals surface area contributed by atoms with E-state index in [-0.39, 0.29) is 16.4 Å². The minimum Gasteiger partial charge on any atom is -0.507 e. The van der Waals surface area contributed by atoms with Gasteiger partial charge in [-0.25, -0.2) is 0 Å². The average Bonchev–Trinajstić information content (AvgIpc) is 3.20. The van der Waals surface area contributed by atoms with Gasteiger partial charge >= 0.3 is 0 Å². The standard InChI is InChI=1S/C29H37ClN2O7/c1-7-31(8-2)13-10-14-32-25(19-16-22(36-4)28(38-6)23(17-19)37-5)24(27(34)29(32)35)26(33)18-11-12-21(39-9-3)20(30)15-18/h11-12,15-17,25,33H,7-10,13-14H2,1-6H3/t25-/m1/s1. The highest BCUT2D eigenvalue weighted by atomic mass is 35.5. The number of Topliss-reactive ketones (excluding diaryl/α,β-unsaturated/α-hetero) is 1. The number of aliphatic hydroxyl groups is 1. The van der Waals surface area contributed by atoms with Crippen molar-refractivity contribution in [3.8, 4) is 23.0 Å². The van der Waals surface area contributed by atoms with E-state index in [1.54, 1.807) is 24.3 Å². The van der Waals surface area contributed by atoms with Gasteiger partial charge in [0.15, 0.2) is 11.5 Å². The predicted octanol–water partition coefficient (Wildman–Crippen LogP) is 4.92. The molecule has 10 heteroatoms. The zero-order chi connectivity index (χ0) is 28.7. The van der Waals surface area contributed by atoms with Crippen LogP contribution in [0.4, 0.5) is 0 Å². The molecule has 3 rings (SSSR count). The van der Waals surface area contributed by atoms with Crippen LogP contribution in [-0.2, 0) is 9.59 Å². The van der Waals surface area contributed by atoms with Gasteiger partial charge in [0.25, 0.3) is 11.7 Å². The third-order valence-corrected chi connectivity index (χ3v) is 7.11. The molecule has 0 unspecified atom stereocenters. The smallest absolute Gasteiger partial charge is 0.295 e. The molecule has 212 valence electrons. The summed E-state index contributed by atoms with van der Waals surface area (Å²) < 4.78 is 22.0. The lowest BCUT2D eigenvalue weighted by molar-refractivity contribution is -0.140. The average molecular weight is 561 g/mol. The topological polar surface area (TPSA) is 97.8 Å². The van der Waals surface area contributed by atoms with Crippen LogP contribution in [0.15, 0.2) is 35.9 Å². The Kier molecular flexibility index (Phi) is 10.5. The van der Waals surface area contributed by atoms with Crippen molar-refractivity contribution in [2.75, 3.05) is 54.1 Å². The molecule has 0 aromatic heterocycles. The van der Waals surface area contributed by atoms with Gasteiger partial charge in [0.2, 0.25) is 5.75 Å². The number of hydrogen-bond donors (Lipinski definition) is 1. The van der Waals surface area contributed by atoms with E-state index in [1.165, 1.54) is 32.3 Å². The largest absolute Gasteiger partial charge is 0.507 e. The number of likely N-dealkylation sites (tertiary alicyclic amines) is 1. The first-order chi connectivity index (χ1) is 18.8. The van der Waals surface area contributed by atoms with Crippen molar-refractivity contribution in [1.82, 2.24) is 9.80 Å². The predicted molar refractivity (Wildman–Crippen MR) is 150 cm³/mol. The number of amides is 1. The van der Waals surface area contributed by atoms with Crippen LogP contribution >= 0.6 is 11.6 Å². The number of nitrogens with zero attached hydrogens (tertiary/aromatic N) is 2. The summed E-state index contributed by atoms with van der Waals surface area (Å²) in [6.07, 6.45) is 0.643. The summed E-state index contributed by atoms with van der Waals surface area (Å²) in [5, 5.41) is 11.7. The van der Waals surface area contributed by atoms with Crippen LogP contribution in [0.1, 0.15) is 44.4 Å². The zero-order valence-corrected chi connectivity index (χ0v) is 24.1. The number of methoxy groups -OCH3 is 3. The van der Waals surface area contributed by atoms with E-state index in [0.29, 0.717) is 53.7 Å². The maximum absolute atomic E-state index is 13.4. The Bertz CT molecular complexity index is 1200. The lowest BCUT2D eigenvalue weighted by atomic mass is 9.94. The summed E-state index contributed by atoms with van der Waals surface area (Å²) >= 11 is 6.37. The SMILES string of the molecule is CCOc1ccc(C(O)=C2C(=O)C(=O)N(CCCN(CC)CC)[C@@H]2c2cc(OC)c(OC)c(OC)c2)cc1Cl. The fraction of sp³-hybridized carbons (Fsp3) is 0.448. The monoisotopic (exact) mass is 560 g/mol. The molecule has 1 amide bonds. The van der Waals surface area contributed by atoms with Crippen LogP contribution < -0.4 is 18.9 Å². The van der Waals surface area contributed by atoms with Gasteiger partial charge in [0.05, 0.1) is 44.6 Å². The van der Waals surface area contributed by atoms with Crippen molar-refractivity contribution < 1.29 is 33.6 Å². The van der Waals surface area contributed by atoms with E-state index < -0.39 is 17.7 Å². The molecule has 39 heavy (non-hydrogen) atoms. The highest BCUT2D eigenvalue weighted by Crippen LogP contribution is 2.46. The molecule has 1 heterocycles. The number of ketones is 1. The Morgan fingerprint density at radius 2 is 1.62 bits per heavy atom. The molecular weight excluding hydrogens is 524 g/mol. The first kappa shape index (κ1) is 30.1. The second kappa shape index (κ2) is 13.6. The molecule has 0 spiro atoms. The third kappa shape index (κ3) is 6.25. The van der Waals surface area contributed by atoms with Gasteiger partial charge in [-0.1, -0.05) is 25.4 Å². The highest BCUT2D eigenvalue weighted by Gasteiger charge is 2.46. The van der Waals surface area contributed by atoms with Gasteiger partial charge in [-0.3, -0.25) is 9.59 Å². The second-order valence-electron chi connectivity index (χ2n) is 8.91. The molecule has 2 aromatic carbocycles. The lowest BCUT2D eigenvalue weighted by Crippen LogP contribution is -2.33. The molecule has 9 nitrogen and oxygen atoms in total. The number of halogens is 1. The Labute approximate surface area is 234 Å². The van der Waals surface area contributed by atoms with E-state index in [1.807, 2.05) is 6.92 Å². The summed E-state index contributed by atoms with van der Waals surface area (Å²) in [7, 11) is 4.48. The molecule has 0 bridgehead atoms. The quantitative estimate of drug-likeness (QED) is 0.209. The Morgan fingerprint density at radius 1 is 0.974 bits per heavy atom. The van der Waals surface area contributed by atoms with Gasteiger partial charge in [0.1, 0.15) is 11.5 Å². The fourth-order valence-corrected chi connectivity index (χ4v) is 5.03. The van der Waals surface area contributed by atoms with Crippen LogP contribution in [0.5, 0.6) is 23.0 Å². The van der Waals surface area contributed by atoms with Gasteiger partial charge in [-0.15, -0.1) is 0 Å². The molecule has 1 aliphatic heterocycles. The minimum absolute atomic E-state index is 0.0441. The number of benzene rings is 2. The molecule has 0 saturated carbocycles. The normalized spacial score (nSPS) is 16.6. The summed E-state index contributed by atoms with van der Waals surface area (Å²) in [4.78, 5) is 30.6. The molecule has 0 radical (unpaired) electrons. The minimum atomic E-state index is -0.888. The molecule has 1 fully saturated rings. The third-order valence-electron chi connectivity index (χ3n) is 6.82. The van der Waals surface area contributed by atoms with E-state index in [4.69, 9.17) is 30.5 Å². The number of carbonyl (C=O) groups is 2. The van der Waals surface area contributed by atoms with Crippen molar-refractivity contribution in [2.24, 2.45) is 0 Å². The Balaban J connectivity index is 2.18. The van der Waals surface area contributed by atoms with Crippen LogP contribution in [0.25, 0.3) is 5.76 Å². The van der Waals surface area contributed by atoms with Crippen LogP contribution in [0, 0.1) is 0 Å². The van der Waals surface area contributed by atoms with Crippen molar-refractivity contribution in [2.45, 2.75) is 33.2 Å². The van der Waals surface area contributed by atoms with Crippen molar-refractivity contribution >= 4 is 29.1 Å². The van der Waals surface area contributed by atoms with E-state index in [2.05, 4.69) is 18.7 Å². The fourth-order valence-electron chi connectivity index (χ4n) is 4.80. The molecule has 1 saturated heterocycles. The van der Waals surface area contributed by atoms with E-state index in [9.17, 15) is 14.7 Å². The zero-order valence-electron chi connectivity index (χ0n) is 23.4. The molecule has 1 N–H and O–H groups in total. The van der Waals surface area contributed by atoms with E-state index >= 15 is 0 Å². The molecule has 0 aliphatic carbocycles. The maximum atomic E-state index is 13.4. The molecular formula is C29H37ClN2O7. The van der Waals surface area contributed by atoms with Gasteiger partial charge in [0, 0.05) is 12.1 Å². The number of rotatable bonds is 13. The molecule has 2 aromatic rings. The van der Waals surface area contributed by atoms with Gasteiger partial charge in [-0.05, 0) is 68.9 Å². The second-order valence-corrected chi connectivity index (χ2v) is 9.32. The van der Waals surface area contributed by atoms with Crippen LogP contribution in [0.3, 0.4) is 0 Å². The first-order valence-electron chi connectivity index (χ1n) is 13.0. The van der Waals surface area contributed by atoms with Crippen LogP contribution in [0.2, 0.25) is 5.02 Å².